The lowest BCUT2D eigenvalue weighted by molar-refractivity contribution is 0.0117. The molecule has 1 N–H and O–H groups in total. The molecule has 0 amide bonds. The normalized spacial score (nSPS) is 13.5. The van der Waals surface area contributed by atoms with Crippen molar-refractivity contribution >= 4 is 0 Å². The van der Waals surface area contributed by atoms with Crippen LogP contribution in [-0.2, 0) is 11.2 Å². The predicted octanol–water partition coefficient (Wildman–Crippen LogP) is 3.69. The second kappa shape index (κ2) is 7.70. The lowest BCUT2D eigenvalue weighted by atomic mass is 9.95. The van der Waals surface area contributed by atoms with E-state index in [4.69, 9.17) is 4.74 Å². The standard InChI is InChI=1S/C16H25F2NO/c1-5-19-13(8-9-16(2,3)20-4)10-12-6-7-14(17)15(18)11-12/h6-7,11,13,19H,5,8-10H2,1-4H3. The molecule has 0 spiro atoms. The van der Waals surface area contributed by atoms with Crippen molar-refractivity contribution in [2.24, 2.45) is 0 Å². The highest BCUT2D eigenvalue weighted by molar-refractivity contribution is 5.18. The maximum absolute atomic E-state index is 13.2. The largest absolute Gasteiger partial charge is 0.379 e. The van der Waals surface area contributed by atoms with E-state index >= 15 is 0 Å². The topological polar surface area (TPSA) is 21.3 Å². The van der Waals surface area contributed by atoms with Crippen LogP contribution in [0.15, 0.2) is 18.2 Å². The van der Waals surface area contributed by atoms with Crippen LogP contribution in [-0.4, -0.2) is 25.3 Å². The van der Waals surface area contributed by atoms with Crippen molar-refractivity contribution in [3.8, 4) is 0 Å². The molecular formula is C16H25F2NO. The highest BCUT2D eigenvalue weighted by Gasteiger charge is 2.19. The first-order valence-electron chi connectivity index (χ1n) is 7.10. The molecule has 0 fully saturated rings. The summed E-state index contributed by atoms with van der Waals surface area (Å²) in [5.41, 5.74) is 0.645. The lowest BCUT2D eigenvalue weighted by Gasteiger charge is -2.26. The van der Waals surface area contributed by atoms with Gasteiger partial charge < -0.3 is 10.1 Å². The van der Waals surface area contributed by atoms with Crippen molar-refractivity contribution in [2.75, 3.05) is 13.7 Å². The molecule has 0 saturated carbocycles. The summed E-state index contributed by atoms with van der Waals surface area (Å²) < 4.78 is 31.6. The molecule has 0 aromatic heterocycles. The van der Waals surface area contributed by atoms with Gasteiger partial charge in [-0.1, -0.05) is 13.0 Å². The van der Waals surface area contributed by atoms with Gasteiger partial charge in [-0.3, -0.25) is 0 Å². The van der Waals surface area contributed by atoms with Crippen molar-refractivity contribution < 1.29 is 13.5 Å². The van der Waals surface area contributed by atoms with Gasteiger partial charge in [0.2, 0.25) is 0 Å². The minimum atomic E-state index is -0.797. The average molecular weight is 285 g/mol. The minimum absolute atomic E-state index is 0.165. The van der Waals surface area contributed by atoms with Crippen molar-refractivity contribution in [1.29, 1.82) is 0 Å². The Morgan fingerprint density at radius 3 is 2.50 bits per heavy atom. The number of ether oxygens (including phenoxy) is 1. The molecule has 1 unspecified atom stereocenters. The van der Waals surface area contributed by atoms with E-state index in [1.165, 1.54) is 12.1 Å². The molecule has 0 bridgehead atoms. The van der Waals surface area contributed by atoms with Crippen molar-refractivity contribution in [3.63, 3.8) is 0 Å². The summed E-state index contributed by atoms with van der Waals surface area (Å²) in [4.78, 5) is 0. The molecule has 0 aliphatic rings. The Kier molecular flexibility index (Phi) is 6.56. The fourth-order valence-electron chi connectivity index (χ4n) is 2.14. The monoisotopic (exact) mass is 285 g/mol. The third-order valence-electron chi connectivity index (χ3n) is 3.61. The number of benzene rings is 1. The van der Waals surface area contributed by atoms with Crippen LogP contribution in [0.5, 0.6) is 0 Å². The Hall–Kier alpha value is -1.00. The molecular weight excluding hydrogens is 260 g/mol. The van der Waals surface area contributed by atoms with Crippen LogP contribution in [0, 0.1) is 11.6 Å². The van der Waals surface area contributed by atoms with Gasteiger partial charge in [-0.2, -0.15) is 0 Å². The summed E-state index contributed by atoms with van der Waals surface area (Å²) in [5.74, 6) is -1.58. The van der Waals surface area contributed by atoms with Gasteiger partial charge in [0.05, 0.1) is 5.60 Å². The molecule has 0 saturated heterocycles. The second-order valence-corrected chi connectivity index (χ2v) is 5.71. The molecule has 1 rings (SSSR count). The molecule has 0 radical (unpaired) electrons. The van der Waals surface area contributed by atoms with E-state index in [9.17, 15) is 8.78 Å². The van der Waals surface area contributed by atoms with Crippen molar-refractivity contribution in [1.82, 2.24) is 5.32 Å². The molecule has 2 nitrogen and oxygen atoms in total. The number of halogens is 2. The van der Waals surface area contributed by atoms with Gasteiger partial charge in [0, 0.05) is 13.2 Å². The van der Waals surface area contributed by atoms with Gasteiger partial charge >= 0.3 is 0 Å². The molecule has 1 aromatic carbocycles. The molecule has 4 heteroatoms. The van der Waals surface area contributed by atoms with Gasteiger partial charge in [-0.15, -0.1) is 0 Å². The van der Waals surface area contributed by atoms with Crippen LogP contribution in [0.1, 0.15) is 39.2 Å². The van der Waals surface area contributed by atoms with Gasteiger partial charge in [0.1, 0.15) is 0 Å². The molecule has 0 aliphatic heterocycles. The fourth-order valence-corrected chi connectivity index (χ4v) is 2.14. The summed E-state index contributed by atoms with van der Waals surface area (Å²) in [5, 5.41) is 3.39. The number of hydrogen-bond donors (Lipinski definition) is 1. The van der Waals surface area contributed by atoms with Crippen LogP contribution in [0.2, 0.25) is 0 Å². The Morgan fingerprint density at radius 2 is 1.95 bits per heavy atom. The molecule has 1 atom stereocenters. The number of nitrogens with one attached hydrogen (secondary N) is 1. The zero-order valence-electron chi connectivity index (χ0n) is 12.8. The van der Waals surface area contributed by atoms with Gasteiger partial charge in [0.25, 0.3) is 0 Å². The van der Waals surface area contributed by atoms with Crippen LogP contribution < -0.4 is 5.32 Å². The highest BCUT2D eigenvalue weighted by atomic mass is 19.2. The predicted molar refractivity (Wildman–Crippen MR) is 77.8 cm³/mol. The molecule has 114 valence electrons. The number of rotatable bonds is 8. The summed E-state index contributed by atoms with van der Waals surface area (Å²) in [7, 11) is 1.71. The molecule has 1 aromatic rings. The Morgan fingerprint density at radius 1 is 1.25 bits per heavy atom. The quantitative estimate of drug-likeness (QED) is 0.786. The number of methoxy groups -OCH3 is 1. The maximum Gasteiger partial charge on any atom is 0.159 e. The number of hydrogen-bond acceptors (Lipinski definition) is 2. The van der Waals surface area contributed by atoms with E-state index in [0.29, 0.717) is 6.42 Å². The first-order valence-corrected chi connectivity index (χ1v) is 7.10. The van der Waals surface area contributed by atoms with E-state index in [2.05, 4.69) is 5.32 Å². The van der Waals surface area contributed by atoms with Gasteiger partial charge in [-0.25, -0.2) is 8.78 Å². The fraction of sp³-hybridized carbons (Fsp3) is 0.625. The van der Waals surface area contributed by atoms with Gasteiger partial charge in [-0.05, 0) is 57.4 Å². The Bertz CT molecular complexity index is 421. The molecule has 0 aliphatic carbocycles. The van der Waals surface area contributed by atoms with E-state index in [1.54, 1.807) is 13.2 Å². The third kappa shape index (κ3) is 5.55. The molecule has 0 heterocycles. The summed E-state index contributed by atoms with van der Waals surface area (Å²) >= 11 is 0. The van der Waals surface area contributed by atoms with Crippen LogP contribution in [0.3, 0.4) is 0 Å². The van der Waals surface area contributed by atoms with E-state index < -0.39 is 11.6 Å². The Balaban J connectivity index is 2.64. The first-order chi connectivity index (χ1) is 9.38. The van der Waals surface area contributed by atoms with Crippen LogP contribution in [0.4, 0.5) is 8.78 Å². The lowest BCUT2D eigenvalue weighted by Crippen LogP contribution is -2.34. The van der Waals surface area contributed by atoms with Crippen molar-refractivity contribution in [2.45, 2.75) is 51.7 Å². The first kappa shape index (κ1) is 17.1. The van der Waals surface area contributed by atoms with Crippen molar-refractivity contribution in [3.05, 3.63) is 35.4 Å². The van der Waals surface area contributed by atoms with E-state index in [-0.39, 0.29) is 11.6 Å². The van der Waals surface area contributed by atoms with E-state index in [1.807, 2.05) is 20.8 Å². The maximum atomic E-state index is 13.2. The van der Waals surface area contributed by atoms with Gasteiger partial charge in [0.15, 0.2) is 11.6 Å². The second-order valence-electron chi connectivity index (χ2n) is 5.71. The smallest absolute Gasteiger partial charge is 0.159 e. The molecule has 20 heavy (non-hydrogen) atoms. The average Bonchev–Trinajstić information content (AvgIpc) is 2.41. The summed E-state index contributed by atoms with van der Waals surface area (Å²) in [6.07, 6.45) is 2.52. The zero-order valence-corrected chi connectivity index (χ0v) is 12.8. The third-order valence-corrected chi connectivity index (χ3v) is 3.61. The van der Waals surface area contributed by atoms with Crippen LogP contribution >= 0.6 is 0 Å². The zero-order chi connectivity index (χ0) is 15.2. The highest BCUT2D eigenvalue weighted by Crippen LogP contribution is 2.19. The number of likely N-dealkylation sites (N-methyl/N-ethyl adjacent to an activating group) is 1. The summed E-state index contributed by atoms with van der Waals surface area (Å²) in [6, 6.07) is 4.34. The van der Waals surface area contributed by atoms with E-state index in [0.717, 1.165) is 24.9 Å². The minimum Gasteiger partial charge on any atom is -0.379 e. The summed E-state index contributed by atoms with van der Waals surface area (Å²) in [6.45, 7) is 6.99. The Labute approximate surface area is 120 Å². The SMILES string of the molecule is CCNC(CCC(C)(C)OC)Cc1ccc(F)c(F)c1. The van der Waals surface area contributed by atoms with Crippen LogP contribution in [0.25, 0.3) is 0 Å².